The molecule has 2 heterocycles. The van der Waals surface area contributed by atoms with Crippen LogP contribution < -0.4 is 16.4 Å². The molecule has 0 spiro atoms. The lowest BCUT2D eigenvalue weighted by Crippen LogP contribution is -2.54. The van der Waals surface area contributed by atoms with Gasteiger partial charge in [0.2, 0.25) is 0 Å². The topological polar surface area (TPSA) is 90.7 Å². The van der Waals surface area contributed by atoms with Crippen molar-refractivity contribution in [2.45, 2.75) is 6.04 Å². The number of rotatable bonds is 1. The normalized spacial score (nSPS) is 21.4. The van der Waals surface area contributed by atoms with Crippen LogP contribution in [0.15, 0.2) is 24.3 Å². The van der Waals surface area contributed by atoms with Crippen molar-refractivity contribution in [2.75, 3.05) is 37.2 Å². The Morgan fingerprint density at radius 1 is 1.40 bits per heavy atom. The summed E-state index contributed by atoms with van der Waals surface area (Å²) in [5.74, 6) is 0. The van der Waals surface area contributed by atoms with Crippen LogP contribution in [0.1, 0.15) is 0 Å². The molecule has 0 radical (unpaired) electrons. The number of carbonyl (C=O) groups is 2. The van der Waals surface area contributed by atoms with E-state index in [-0.39, 0.29) is 18.1 Å². The lowest BCUT2D eigenvalue weighted by molar-refractivity contribution is 0.136. The van der Waals surface area contributed by atoms with Gasteiger partial charge in [0.25, 0.3) is 0 Å². The zero-order chi connectivity index (χ0) is 14.1. The van der Waals surface area contributed by atoms with Crippen molar-refractivity contribution in [1.29, 1.82) is 0 Å². The first-order valence-corrected chi connectivity index (χ1v) is 6.59. The Kier molecular flexibility index (Phi) is 3.09. The Balaban J connectivity index is 1.62. The van der Waals surface area contributed by atoms with E-state index in [9.17, 15) is 9.59 Å². The third-order valence-electron chi connectivity index (χ3n) is 3.66. The number of nitrogen functional groups attached to an aromatic ring is 1. The van der Waals surface area contributed by atoms with E-state index in [2.05, 4.69) is 10.6 Å². The summed E-state index contributed by atoms with van der Waals surface area (Å²) in [6.07, 6.45) is 0. The summed E-state index contributed by atoms with van der Waals surface area (Å²) in [6.45, 7) is 2.26. The number of urea groups is 2. The fourth-order valence-electron chi connectivity index (χ4n) is 2.61. The molecule has 0 bridgehead atoms. The number of amides is 4. The van der Waals surface area contributed by atoms with Gasteiger partial charge in [-0.2, -0.15) is 0 Å². The zero-order valence-corrected chi connectivity index (χ0v) is 11.0. The molecule has 7 heteroatoms. The van der Waals surface area contributed by atoms with Gasteiger partial charge in [0, 0.05) is 37.6 Å². The van der Waals surface area contributed by atoms with Crippen molar-refractivity contribution in [2.24, 2.45) is 0 Å². The van der Waals surface area contributed by atoms with Crippen LogP contribution in [0.3, 0.4) is 0 Å². The van der Waals surface area contributed by atoms with Crippen molar-refractivity contribution >= 4 is 23.4 Å². The summed E-state index contributed by atoms with van der Waals surface area (Å²) in [5.41, 5.74) is 6.97. The van der Waals surface area contributed by atoms with Crippen molar-refractivity contribution in [3.05, 3.63) is 24.3 Å². The predicted octanol–water partition coefficient (Wildman–Crippen LogP) is 0.510. The quantitative estimate of drug-likeness (QED) is 0.652. The van der Waals surface area contributed by atoms with Crippen LogP contribution >= 0.6 is 0 Å². The molecule has 2 saturated heterocycles. The summed E-state index contributed by atoms with van der Waals surface area (Å²) in [4.78, 5) is 27.2. The van der Waals surface area contributed by atoms with E-state index in [0.717, 1.165) is 0 Å². The summed E-state index contributed by atoms with van der Waals surface area (Å²) in [7, 11) is 0. The molecule has 4 amide bonds. The van der Waals surface area contributed by atoms with Gasteiger partial charge in [0.05, 0.1) is 6.04 Å². The molecular formula is C13H17N5O2. The molecule has 1 aromatic rings. The summed E-state index contributed by atoms with van der Waals surface area (Å²) in [6, 6.07) is 6.95. The minimum Gasteiger partial charge on any atom is -0.399 e. The molecule has 1 atom stereocenters. The second kappa shape index (κ2) is 4.92. The highest BCUT2D eigenvalue weighted by Crippen LogP contribution is 2.16. The van der Waals surface area contributed by atoms with E-state index in [1.54, 1.807) is 34.1 Å². The largest absolute Gasteiger partial charge is 0.399 e. The smallest absolute Gasteiger partial charge is 0.321 e. The van der Waals surface area contributed by atoms with Crippen LogP contribution in [0, 0.1) is 0 Å². The molecule has 2 fully saturated rings. The Labute approximate surface area is 116 Å². The highest BCUT2D eigenvalue weighted by atomic mass is 16.2. The van der Waals surface area contributed by atoms with Gasteiger partial charge >= 0.3 is 12.1 Å². The van der Waals surface area contributed by atoms with Crippen LogP contribution in [-0.4, -0.2) is 54.1 Å². The Morgan fingerprint density at radius 3 is 3.05 bits per heavy atom. The number of hydrogen-bond donors (Lipinski definition) is 3. The maximum atomic E-state index is 12.2. The van der Waals surface area contributed by atoms with Crippen LogP contribution in [-0.2, 0) is 0 Å². The number of benzene rings is 1. The number of piperazine rings is 1. The average Bonchev–Trinajstić information content (AvgIpc) is 2.80. The maximum absolute atomic E-state index is 12.2. The second-order valence-corrected chi connectivity index (χ2v) is 5.03. The Bertz CT molecular complexity index is 547. The van der Waals surface area contributed by atoms with Crippen molar-refractivity contribution in [1.82, 2.24) is 15.1 Å². The zero-order valence-electron chi connectivity index (χ0n) is 11.0. The highest BCUT2D eigenvalue weighted by Gasteiger charge is 2.36. The van der Waals surface area contributed by atoms with Crippen LogP contribution in [0.25, 0.3) is 0 Å². The molecule has 3 rings (SSSR count). The molecular weight excluding hydrogens is 258 g/mol. The van der Waals surface area contributed by atoms with Crippen LogP contribution in [0.2, 0.25) is 0 Å². The van der Waals surface area contributed by atoms with E-state index in [1.165, 1.54) is 0 Å². The van der Waals surface area contributed by atoms with E-state index in [1.807, 2.05) is 0 Å². The van der Waals surface area contributed by atoms with Gasteiger partial charge in [-0.1, -0.05) is 6.07 Å². The summed E-state index contributed by atoms with van der Waals surface area (Å²) in [5, 5.41) is 5.62. The number of nitrogens with zero attached hydrogens (tertiary/aromatic N) is 2. The minimum atomic E-state index is -0.158. The van der Waals surface area contributed by atoms with Gasteiger partial charge < -0.3 is 26.2 Å². The van der Waals surface area contributed by atoms with E-state index < -0.39 is 0 Å². The molecule has 20 heavy (non-hydrogen) atoms. The van der Waals surface area contributed by atoms with Crippen molar-refractivity contribution in [3.8, 4) is 0 Å². The lowest BCUT2D eigenvalue weighted by atomic mass is 10.2. The van der Waals surface area contributed by atoms with Crippen LogP contribution in [0.4, 0.5) is 21.0 Å². The van der Waals surface area contributed by atoms with Gasteiger partial charge in [-0.3, -0.25) is 0 Å². The van der Waals surface area contributed by atoms with Gasteiger partial charge in [-0.15, -0.1) is 0 Å². The minimum absolute atomic E-state index is 0.0362. The fourth-order valence-corrected chi connectivity index (χ4v) is 2.61. The SMILES string of the molecule is Nc1cccc(NC(=O)N2CCN3C(=O)NCC3C2)c1. The molecule has 0 aromatic heterocycles. The van der Waals surface area contributed by atoms with Crippen molar-refractivity contribution in [3.63, 3.8) is 0 Å². The molecule has 1 unspecified atom stereocenters. The molecule has 1 aromatic carbocycles. The molecule has 0 aliphatic carbocycles. The molecule has 4 N–H and O–H groups in total. The number of nitrogens with one attached hydrogen (secondary N) is 2. The molecule has 2 aliphatic rings. The first-order valence-electron chi connectivity index (χ1n) is 6.59. The molecule has 0 saturated carbocycles. The van der Waals surface area contributed by atoms with E-state index in [4.69, 9.17) is 5.73 Å². The molecule has 2 aliphatic heterocycles. The van der Waals surface area contributed by atoms with E-state index in [0.29, 0.717) is 37.6 Å². The average molecular weight is 275 g/mol. The van der Waals surface area contributed by atoms with Gasteiger partial charge in [0.1, 0.15) is 0 Å². The first-order chi connectivity index (χ1) is 9.63. The number of fused-ring (bicyclic) bond motifs is 1. The van der Waals surface area contributed by atoms with Gasteiger partial charge in [-0.25, -0.2) is 9.59 Å². The summed E-state index contributed by atoms with van der Waals surface area (Å²) >= 11 is 0. The highest BCUT2D eigenvalue weighted by molar-refractivity contribution is 5.90. The second-order valence-electron chi connectivity index (χ2n) is 5.03. The summed E-state index contributed by atoms with van der Waals surface area (Å²) < 4.78 is 0. The first kappa shape index (κ1) is 12.6. The number of anilines is 2. The molecule has 7 nitrogen and oxygen atoms in total. The fraction of sp³-hybridized carbons (Fsp3) is 0.385. The predicted molar refractivity (Wildman–Crippen MR) is 75.3 cm³/mol. The Morgan fingerprint density at radius 2 is 2.25 bits per heavy atom. The third-order valence-corrected chi connectivity index (χ3v) is 3.66. The van der Waals surface area contributed by atoms with Gasteiger partial charge in [-0.05, 0) is 18.2 Å². The van der Waals surface area contributed by atoms with Crippen LogP contribution in [0.5, 0.6) is 0 Å². The molecule has 106 valence electrons. The lowest BCUT2D eigenvalue weighted by Gasteiger charge is -2.36. The number of hydrogen-bond acceptors (Lipinski definition) is 3. The maximum Gasteiger partial charge on any atom is 0.321 e. The van der Waals surface area contributed by atoms with Gasteiger partial charge in [0.15, 0.2) is 0 Å². The standard InChI is InChI=1S/C13H17N5O2/c14-9-2-1-3-10(6-9)16-13(20)17-4-5-18-11(8-17)7-15-12(18)19/h1-3,6,11H,4-5,7-8,14H2,(H,15,19)(H,16,20). The third kappa shape index (κ3) is 2.34. The monoisotopic (exact) mass is 275 g/mol. The van der Waals surface area contributed by atoms with Crippen molar-refractivity contribution < 1.29 is 9.59 Å². The number of carbonyl (C=O) groups excluding carboxylic acids is 2. The number of nitrogens with two attached hydrogens (primary N) is 1. The van der Waals surface area contributed by atoms with E-state index >= 15 is 0 Å². The Hall–Kier alpha value is -2.44.